The number of carbonyl (C=O) groups excluding carboxylic acids is 2. The smallest absolute Gasteiger partial charge is 0.262 e. The molecule has 2 aromatic carbocycles. The highest BCUT2D eigenvalue weighted by Crippen LogP contribution is 2.42. The molecule has 0 aromatic heterocycles. The molecule has 0 spiro atoms. The summed E-state index contributed by atoms with van der Waals surface area (Å²) in [5.74, 6) is -1.10. The van der Waals surface area contributed by atoms with Crippen LogP contribution in [0.1, 0.15) is 11.1 Å². The van der Waals surface area contributed by atoms with Gasteiger partial charge in [-0.2, -0.15) is 5.26 Å². The Labute approximate surface area is 176 Å². The second-order valence-corrected chi connectivity index (χ2v) is 8.23. The van der Waals surface area contributed by atoms with E-state index in [1.54, 1.807) is 24.3 Å². The molecule has 5 nitrogen and oxygen atoms in total. The molecule has 1 unspecified atom stereocenters. The van der Waals surface area contributed by atoms with Gasteiger partial charge in [0.2, 0.25) is 5.91 Å². The molecule has 1 aliphatic rings. The van der Waals surface area contributed by atoms with Gasteiger partial charge >= 0.3 is 0 Å². The highest BCUT2D eigenvalue weighted by Gasteiger charge is 2.40. The van der Waals surface area contributed by atoms with Crippen molar-refractivity contribution in [3.63, 3.8) is 0 Å². The number of anilines is 1. The largest absolute Gasteiger partial charge is 0.365 e. The number of hydrogen-bond donors (Lipinski definition) is 1. The van der Waals surface area contributed by atoms with Gasteiger partial charge in [-0.25, -0.2) is 0 Å². The Morgan fingerprint density at radius 3 is 2.61 bits per heavy atom. The van der Waals surface area contributed by atoms with E-state index in [1.165, 1.54) is 4.90 Å². The number of primary amides is 1. The van der Waals surface area contributed by atoms with Crippen LogP contribution in [-0.4, -0.2) is 17.1 Å². The fourth-order valence-electron chi connectivity index (χ4n) is 2.88. The molecule has 2 amide bonds. The minimum absolute atomic E-state index is 0.231. The third-order valence-corrected chi connectivity index (χ3v) is 6.19. The maximum absolute atomic E-state index is 13.2. The summed E-state index contributed by atoms with van der Waals surface area (Å²) in [7, 11) is 0. The van der Waals surface area contributed by atoms with E-state index in [4.69, 9.17) is 28.9 Å². The van der Waals surface area contributed by atoms with Crippen LogP contribution in [0.25, 0.3) is 0 Å². The molecule has 1 atom stereocenters. The fourth-order valence-corrected chi connectivity index (χ4v) is 4.52. The van der Waals surface area contributed by atoms with Crippen molar-refractivity contribution in [2.45, 2.75) is 18.6 Å². The molecule has 0 radical (unpaired) electrons. The monoisotopic (exact) mass is 431 g/mol. The molecule has 0 saturated carbocycles. The SMILES string of the molecule is Cc1cccc(N2C(=O)C(Cc3ccc(Cl)c(Cl)c3)S/C2=C(\C#N)C(N)=O)c1. The highest BCUT2D eigenvalue weighted by molar-refractivity contribution is 8.05. The van der Waals surface area contributed by atoms with Gasteiger partial charge in [-0.1, -0.05) is 53.2 Å². The summed E-state index contributed by atoms with van der Waals surface area (Å²) < 4.78 is 0. The van der Waals surface area contributed by atoms with Crippen molar-refractivity contribution < 1.29 is 9.59 Å². The number of hydrogen-bond acceptors (Lipinski definition) is 4. The zero-order valence-electron chi connectivity index (χ0n) is 14.8. The molecular weight excluding hydrogens is 417 g/mol. The summed E-state index contributed by atoms with van der Waals surface area (Å²) in [6.07, 6.45) is 0.365. The first kappa shape index (κ1) is 20.3. The summed E-state index contributed by atoms with van der Waals surface area (Å²) in [5, 5.41) is 9.96. The van der Waals surface area contributed by atoms with Gasteiger partial charge in [0.1, 0.15) is 16.7 Å². The van der Waals surface area contributed by atoms with E-state index in [2.05, 4.69) is 0 Å². The van der Waals surface area contributed by atoms with Gasteiger partial charge in [-0.3, -0.25) is 14.5 Å². The quantitative estimate of drug-likeness (QED) is 0.579. The Morgan fingerprint density at radius 2 is 2.00 bits per heavy atom. The number of amides is 2. The molecule has 28 heavy (non-hydrogen) atoms. The number of nitrogens with zero attached hydrogens (tertiary/aromatic N) is 2. The molecule has 2 aromatic rings. The van der Waals surface area contributed by atoms with Crippen molar-refractivity contribution in [3.8, 4) is 6.07 Å². The average Bonchev–Trinajstić information content (AvgIpc) is 2.94. The number of halogens is 2. The van der Waals surface area contributed by atoms with Crippen molar-refractivity contribution in [2.75, 3.05) is 4.90 Å². The number of benzene rings is 2. The third kappa shape index (κ3) is 4.02. The molecular formula is C20H15Cl2N3O2S. The Balaban J connectivity index is 2.04. The zero-order chi connectivity index (χ0) is 20.4. The first-order valence-corrected chi connectivity index (χ1v) is 9.90. The number of thioether (sulfide) groups is 1. The van der Waals surface area contributed by atoms with E-state index in [1.807, 2.05) is 31.2 Å². The van der Waals surface area contributed by atoms with Crippen molar-refractivity contribution in [2.24, 2.45) is 5.73 Å². The van der Waals surface area contributed by atoms with E-state index >= 15 is 0 Å². The van der Waals surface area contributed by atoms with E-state index in [0.717, 1.165) is 22.9 Å². The minimum Gasteiger partial charge on any atom is -0.365 e. The molecule has 8 heteroatoms. The fraction of sp³-hybridized carbons (Fsp3) is 0.150. The van der Waals surface area contributed by atoms with Crippen molar-refractivity contribution in [1.82, 2.24) is 0 Å². The lowest BCUT2D eigenvalue weighted by Gasteiger charge is -2.18. The number of carbonyl (C=O) groups is 2. The van der Waals surface area contributed by atoms with Crippen molar-refractivity contribution in [3.05, 3.63) is 74.2 Å². The second kappa shape index (κ2) is 8.27. The average molecular weight is 432 g/mol. The topological polar surface area (TPSA) is 87.2 Å². The highest BCUT2D eigenvalue weighted by atomic mass is 35.5. The number of nitriles is 1. The van der Waals surface area contributed by atoms with Gasteiger partial charge in [0.15, 0.2) is 0 Å². The number of aryl methyl sites for hydroxylation is 1. The minimum atomic E-state index is -0.870. The summed E-state index contributed by atoms with van der Waals surface area (Å²) in [6, 6.07) is 14.3. The predicted molar refractivity (Wildman–Crippen MR) is 112 cm³/mol. The summed E-state index contributed by atoms with van der Waals surface area (Å²) in [6.45, 7) is 1.90. The lowest BCUT2D eigenvalue weighted by atomic mass is 10.1. The van der Waals surface area contributed by atoms with Crippen LogP contribution < -0.4 is 10.6 Å². The normalized spacial score (nSPS) is 18.1. The second-order valence-electron chi connectivity index (χ2n) is 6.23. The van der Waals surface area contributed by atoms with Crippen LogP contribution in [-0.2, 0) is 16.0 Å². The van der Waals surface area contributed by atoms with Gasteiger partial charge in [-0.05, 0) is 48.7 Å². The van der Waals surface area contributed by atoms with Crippen LogP contribution in [0.4, 0.5) is 5.69 Å². The summed E-state index contributed by atoms with van der Waals surface area (Å²) >= 11 is 13.2. The van der Waals surface area contributed by atoms with Crippen LogP contribution in [0.5, 0.6) is 0 Å². The van der Waals surface area contributed by atoms with Gasteiger partial charge in [-0.15, -0.1) is 0 Å². The Hall–Kier alpha value is -2.46. The van der Waals surface area contributed by atoms with Gasteiger partial charge < -0.3 is 5.73 Å². The molecule has 1 aliphatic heterocycles. The van der Waals surface area contributed by atoms with Gasteiger partial charge in [0.25, 0.3) is 5.91 Å². The van der Waals surface area contributed by atoms with Crippen molar-refractivity contribution in [1.29, 1.82) is 5.26 Å². The molecule has 1 saturated heterocycles. The predicted octanol–water partition coefficient (Wildman–Crippen LogP) is 4.21. The van der Waals surface area contributed by atoms with Crippen LogP contribution in [0, 0.1) is 18.3 Å². The lowest BCUT2D eigenvalue weighted by Crippen LogP contribution is -2.31. The molecule has 142 valence electrons. The van der Waals surface area contributed by atoms with Crippen LogP contribution in [0.2, 0.25) is 10.0 Å². The van der Waals surface area contributed by atoms with Crippen LogP contribution >= 0.6 is 35.0 Å². The molecule has 2 N–H and O–H groups in total. The number of nitrogens with two attached hydrogens (primary N) is 1. The molecule has 0 bridgehead atoms. The Bertz CT molecular complexity index is 1050. The standard InChI is InChI=1S/C20H15Cl2N3O2S/c1-11-3-2-4-13(7-11)25-19(27)17(28-20(25)14(10-23)18(24)26)9-12-5-6-15(21)16(22)8-12/h2-8,17H,9H2,1H3,(H2,24,26)/b20-14+. The Kier molecular flexibility index (Phi) is 5.99. The van der Waals surface area contributed by atoms with Gasteiger partial charge in [0, 0.05) is 5.69 Å². The maximum atomic E-state index is 13.2. The molecule has 0 aliphatic carbocycles. The van der Waals surface area contributed by atoms with Crippen LogP contribution in [0.15, 0.2) is 53.1 Å². The first-order chi connectivity index (χ1) is 13.3. The molecule has 3 rings (SSSR count). The molecule has 1 fully saturated rings. The lowest BCUT2D eigenvalue weighted by molar-refractivity contribution is -0.117. The third-order valence-electron chi connectivity index (χ3n) is 4.19. The van der Waals surface area contributed by atoms with E-state index < -0.39 is 11.2 Å². The van der Waals surface area contributed by atoms with E-state index in [9.17, 15) is 14.9 Å². The van der Waals surface area contributed by atoms with Crippen LogP contribution in [0.3, 0.4) is 0 Å². The maximum Gasteiger partial charge on any atom is 0.262 e. The first-order valence-electron chi connectivity index (χ1n) is 8.27. The van der Waals surface area contributed by atoms with Crippen molar-refractivity contribution >= 4 is 52.5 Å². The Morgan fingerprint density at radius 1 is 1.25 bits per heavy atom. The zero-order valence-corrected chi connectivity index (χ0v) is 17.1. The molecule has 1 heterocycles. The van der Waals surface area contributed by atoms with E-state index in [0.29, 0.717) is 22.2 Å². The van der Waals surface area contributed by atoms with Gasteiger partial charge in [0.05, 0.1) is 15.3 Å². The number of rotatable bonds is 4. The summed E-state index contributed by atoms with van der Waals surface area (Å²) in [5.41, 5.74) is 7.48. The van der Waals surface area contributed by atoms with E-state index in [-0.39, 0.29) is 16.5 Å². The summed E-state index contributed by atoms with van der Waals surface area (Å²) in [4.78, 5) is 26.3.